The summed E-state index contributed by atoms with van der Waals surface area (Å²) in [5.41, 5.74) is 1.90. The highest BCUT2D eigenvalue weighted by Gasteiger charge is 2.33. The fourth-order valence-electron chi connectivity index (χ4n) is 4.63. The number of amides is 1. The maximum Gasteiger partial charge on any atom is 0.274 e. The van der Waals surface area contributed by atoms with Gasteiger partial charge in [0.1, 0.15) is 5.69 Å². The lowest BCUT2D eigenvalue weighted by Crippen LogP contribution is -2.44. The third-order valence-electron chi connectivity index (χ3n) is 6.44. The molecule has 0 radical (unpaired) electrons. The number of benzene rings is 1. The minimum atomic E-state index is 0.127. The molecule has 0 spiro atoms. The van der Waals surface area contributed by atoms with Gasteiger partial charge in [0.25, 0.3) is 5.91 Å². The van der Waals surface area contributed by atoms with E-state index in [1.165, 1.54) is 17.2 Å². The smallest absolute Gasteiger partial charge is 0.274 e. The van der Waals surface area contributed by atoms with Crippen molar-refractivity contribution < 1.29 is 4.79 Å². The van der Waals surface area contributed by atoms with Gasteiger partial charge in [-0.1, -0.05) is 0 Å². The molecule has 2 aromatic rings. The van der Waals surface area contributed by atoms with Crippen molar-refractivity contribution in [2.24, 2.45) is 0 Å². The van der Waals surface area contributed by atoms with Gasteiger partial charge in [0.2, 0.25) is 0 Å². The van der Waals surface area contributed by atoms with Crippen LogP contribution in [0.5, 0.6) is 0 Å². The highest BCUT2D eigenvalue weighted by molar-refractivity contribution is 7.13. The number of carbonyl (C=O) groups is 1. The largest absolute Gasteiger partial charge is 0.369 e. The zero-order valence-corrected chi connectivity index (χ0v) is 16.7. The lowest BCUT2D eigenvalue weighted by atomic mass is 10.0. The predicted molar refractivity (Wildman–Crippen MR) is 110 cm³/mol. The summed E-state index contributed by atoms with van der Waals surface area (Å²) in [7, 11) is 2.17. The van der Waals surface area contributed by atoms with E-state index < -0.39 is 0 Å². The standard InChI is InChI=1S/C20H27N5OS/c1-22-8-11-24(12-9-22)16-2-3-17-18(14-16)27-21-19(17)20(26)25-13-10-23-6-4-15(25)5-7-23/h2-3,14-15H,4-13H2,1H3. The van der Waals surface area contributed by atoms with Crippen molar-refractivity contribution in [3.8, 4) is 0 Å². The van der Waals surface area contributed by atoms with Crippen molar-refractivity contribution in [2.75, 3.05) is 64.3 Å². The van der Waals surface area contributed by atoms with Crippen molar-refractivity contribution in [1.82, 2.24) is 19.1 Å². The first-order valence-electron chi connectivity index (χ1n) is 10.1. The number of rotatable bonds is 2. The molecular weight excluding hydrogens is 358 g/mol. The molecule has 1 aromatic heterocycles. The Morgan fingerprint density at radius 3 is 2.59 bits per heavy atom. The maximum atomic E-state index is 13.3. The molecule has 0 unspecified atom stereocenters. The highest BCUT2D eigenvalue weighted by Crippen LogP contribution is 2.30. The second-order valence-corrected chi connectivity index (χ2v) is 8.88. The van der Waals surface area contributed by atoms with Crippen LogP contribution in [-0.4, -0.2) is 90.4 Å². The molecule has 6 rings (SSSR count). The van der Waals surface area contributed by atoms with E-state index in [9.17, 15) is 4.79 Å². The monoisotopic (exact) mass is 385 g/mol. The Hall–Kier alpha value is -1.70. The van der Waals surface area contributed by atoms with Gasteiger partial charge < -0.3 is 19.6 Å². The second-order valence-electron chi connectivity index (χ2n) is 8.07. The number of fused-ring (bicyclic) bond motifs is 5. The Kier molecular flexibility index (Phi) is 4.53. The van der Waals surface area contributed by atoms with E-state index in [-0.39, 0.29) is 5.91 Å². The molecule has 7 heteroatoms. The molecule has 4 saturated heterocycles. The molecule has 2 bridgehead atoms. The summed E-state index contributed by atoms with van der Waals surface area (Å²) in [5.74, 6) is 0.127. The molecule has 6 nitrogen and oxygen atoms in total. The van der Waals surface area contributed by atoms with Crippen LogP contribution in [0.1, 0.15) is 23.3 Å². The van der Waals surface area contributed by atoms with Crippen LogP contribution in [0, 0.1) is 0 Å². The van der Waals surface area contributed by atoms with Gasteiger partial charge >= 0.3 is 0 Å². The molecule has 0 aliphatic carbocycles. The van der Waals surface area contributed by atoms with Gasteiger partial charge in [-0.2, -0.15) is 4.37 Å². The first-order valence-corrected chi connectivity index (χ1v) is 10.8. The second kappa shape index (κ2) is 7.04. The zero-order chi connectivity index (χ0) is 18.4. The van der Waals surface area contributed by atoms with E-state index in [1.54, 1.807) is 0 Å². The number of likely N-dealkylation sites (N-methyl/N-ethyl adjacent to an activating group) is 1. The Morgan fingerprint density at radius 1 is 1.04 bits per heavy atom. The van der Waals surface area contributed by atoms with Gasteiger partial charge in [-0.15, -0.1) is 0 Å². The number of piperidine rings is 1. The van der Waals surface area contributed by atoms with Crippen molar-refractivity contribution in [2.45, 2.75) is 18.9 Å². The number of anilines is 1. The molecule has 4 aliphatic rings. The lowest BCUT2D eigenvalue weighted by Gasteiger charge is -2.34. The fourth-order valence-corrected chi connectivity index (χ4v) is 5.43. The average Bonchev–Trinajstić information content (AvgIpc) is 2.88. The summed E-state index contributed by atoms with van der Waals surface area (Å²) in [6, 6.07) is 6.88. The van der Waals surface area contributed by atoms with Crippen LogP contribution in [-0.2, 0) is 0 Å². The summed E-state index contributed by atoms with van der Waals surface area (Å²) >= 11 is 1.46. The van der Waals surface area contributed by atoms with E-state index >= 15 is 0 Å². The van der Waals surface area contributed by atoms with Gasteiger partial charge in [0.05, 0.1) is 4.70 Å². The van der Waals surface area contributed by atoms with E-state index in [4.69, 9.17) is 0 Å². The Morgan fingerprint density at radius 2 is 1.81 bits per heavy atom. The van der Waals surface area contributed by atoms with Crippen LogP contribution < -0.4 is 4.90 Å². The number of aromatic nitrogens is 1. The molecule has 1 amide bonds. The Balaban J connectivity index is 1.40. The van der Waals surface area contributed by atoms with Gasteiger partial charge in [-0.3, -0.25) is 4.79 Å². The minimum Gasteiger partial charge on any atom is -0.369 e. The average molecular weight is 386 g/mol. The van der Waals surface area contributed by atoms with Crippen molar-refractivity contribution in [3.05, 3.63) is 23.9 Å². The topological polar surface area (TPSA) is 42.9 Å². The number of hydrogen-bond acceptors (Lipinski definition) is 6. The summed E-state index contributed by atoms with van der Waals surface area (Å²) in [6.07, 6.45) is 2.20. The molecule has 0 saturated carbocycles. The molecule has 0 N–H and O–H groups in total. The third-order valence-corrected chi connectivity index (χ3v) is 7.25. The van der Waals surface area contributed by atoms with Crippen LogP contribution in [0.4, 0.5) is 5.69 Å². The number of hydrogen-bond donors (Lipinski definition) is 0. The quantitative estimate of drug-likeness (QED) is 0.791. The first kappa shape index (κ1) is 17.4. The van der Waals surface area contributed by atoms with E-state index in [0.29, 0.717) is 11.7 Å². The molecule has 4 aliphatic heterocycles. The molecular formula is C20H27N5OS. The van der Waals surface area contributed by atoms with E-state index in [2.05, 4.69) is 49.2 Å². The summed E-state index contributed by atoms with van der Waals surface area (Å²) in [6.45, 7) is 8.38. The first-order chi connectivity index (χ1) is 13.2. The van der Waals surface area contributed by atoms with Crippen molar-refractivity contribution in [3.63, 3.8) is 0 Å². The van der Waals surface area contributed by atoms with E-state index in [0.717, 1.165) is 75.3 Å². The van der Waals surface area contributed by atoms with Crippen LogP contribution in [0.15, 0.2) is 18.2 Å². The normalized spacial score (nSPS) is 26.6. The number of piperazine rings is 1. The van der Waals surface area contributed by atoms with Crippen molar-refractivity contribution >= 4 is 33.2 Å². The van der Waals surface area contributed by atoms with E-state index in [1.807, 2.05) is 0 Å². The fraction of sp³-hybridized carbons (Fsp3) is 0.600. The maximum absolute atomic E-state index is 13.3. The molecule has 27 heavy (non-hydrogen) atoms. The zero-order valence-electron chi connectivity index (χ0n) is 15.9. The van der Waals surface area contributed by atoms with Crippen LogP contribution in [0.25, 0.3) is 10.1 Å². The van der Waals surface area contributed by atoms with Gasteiger partial charge in [-0.25, -0.2) is 0 Å². The summed E-state index contributed by atoms with van der Waals surface area (Å²) in [5, 5.41) is 1.02. The lowest BCUT2D eigenvalue weighted by molar-refractivity contribution is 0.0682. The minimum absolute atomic E-state index is 0.127. The van der Waals surface area contributed by atoms with Crippen LogP contribution in [0.2, 0.25) is 0 Å². The van der Waals surface area contributed by atoms with Gasteiger partial charge in [-0.05, 0) is 49.6 Å². The molecule has 5 heterocycles. The number of carbonyl (C=O) groups excluding carboxylic acids is 1. The predicted octanol–water partition coefficient (Wildman–Crippen LogP) is 1.97. The van der Waals surface area contributed by atoms with Gasteiger partial charge in [0.15, 0.2) is 0 Å². The third kappa shape index (κ3) is 3.22. The Bertz CT molecular complexity index is 836. The summed E-state index contributed by atoms with van der Waals surface area (Å²) in [4.78, 5) is 22.6. The SMILES string of the molecule is CN1CCN(c2ccc3c(C(=O)N4CCN5CCC4CC5)nsc3c2)CC1. The summed E-state index contributed by atoms with van der Waals surface area (Å²) < 4.78 is 5.71. The molecule has 0 atom stereocenters. The molecule has 1 aromatic carbocycles. The Labute approximate surface area is 164 Å². The van der Waals surface area contributed by atoms with Gasteiger partial charge in [0, 0.05) is 69.5 Å². The van der Waals surface area contributed by atoms with Crippen LogP contribution in [0.3, 0.4) is 0 Å². The number of nitrogens with zero attached hydrogens (tertiary/aromatic N) is 5. The highest BCUT2D eigenvalue weighted by atomic mass is 32.1. The van der Waals surface area contributed by atoms with Crippen LogP contribution >= 0.6 is 11.5 Å². The molecule has 4 fully saturated rings. The molecule has 144 valence electrons. The van der Waals surface area contributed by atoms with Crippen molar-refractivity contribution in [1.29, 1.82) is 0 Å².